The molecule has 0 saturated carbocycles. The van der Waals surface area contributed by atoms with Gasteiger partial charge >= 0.3 is 10.1 Å². The van der Waals surface area contributed by atoms with Crippen molar-refractivity contribution in [2.45, 2.75) is 11.8 Å². The SMILES string of the molecule is Cc1ccc(S(=O)(=O)Oc2nccc3ccc(Br)cc23)cc1. The summed E-state index contributed by atoms with van der Waals surface area (Å²) in [6.07, 6.45) is 1.52. The number of pyridine rings is 1. The molecule has 0 aliphatic carbocycles. The molecule has 22 heavy (non-hydrogen) atoms. The topological polar surface area (TPSA) is 56.3 Å². The molecule has 3 aromatic rings. The molecule has 0 saturated heterocycles. The molecule has 112 valence electrons. The first-order valence-electron chi connectivity index (χ1n) is 6.51. The summed E-state index contributed by atoms with van der Waals surface area (Å²) in [6, 6.07) is 13.8. The van der Waals surface area contributed by atoms with Crippen LogP contribution in [-0.2, 0) is 10.1 Å². The minimum Gasteiger partial charge on any atom is -0.357 e. The Bertz CT molecular complexity index is 937. The molecular formula is C16H12BrNO3S. The third-order valence-electron chi connectivity index (χ3n) is 3.19. The Morgan fingerprint density at radius 2 is 1.77 bits per heavy atom. The molecule has 1 aromatic heterocycles. The second-order valence-corrected chi connectivity index (χ2v) is 7.29. The van der Waals surface area contributed by atoms with Crippen molar-refractivity contribution in [2.75, 3.05) is 0 Å². The number of nitrogens with zero attached hydrogens (tertiary/aromatic N) is 1. The summed E-state index contributed by atoms with van der Waals surface area (Å²) in [5.41, 5.74) is 0.978. The smallest absolute Gasteiger partial charge is 0.340 e. The van der Waals surface area contributed by atoms with Gasteiger partial charge in [0.1, 0.15) is 4.90 Å². The van der Waals surface area contributed by atoms with Crippen LogP contribution in [0.15, 0.2) is 64.1 Å². The van der Waals surface area contributed by atoms with Gasteiger partial charge in [0.2, 0.25) is 5.88 Å². The van der Waals surface area contributed by atoms with Gasteiger partial charge in [0.05, 0.1) is 0 Å². The molecule has 4 nitrogen and oxygen atoms in total. The number of rotatable bonds is 3. The number of fused-ring (bicyclic) bond motifs is 1. The fourth-order valence-electron chi connectivity index (χ4n) is 2.04. The summed E-state index contributed by atoms with van der Waals surface area (Å²) in [7, 11) is -3.91. The molecule has 3 rings (SSSR count). The van der Waals surface area contributed by atoms with E-state index in [1.165, 1.54) is 18.3 Å². The zero-order valence-corrected chi connectivity index (χ0v) is 14.1. The zero-order valence-electron chi connectivity index (χ0n) is 11.7. The van der Waals surface area contributed by atoms with Crippen molar-refractivity contribution >= 4 is 36.8 Å². The lowest BCUT2D eigenvalue weighted by molar-refractivity contribution is 0.479. The van der Waals surface area contributed by atoms with Crippen LogP contribution in [0.2, 0.25) is 0 Å². The molecule has 0 amide bonds. The highest BCUT2D eigenvalue weighted by molar-refractivity contribution is 9.10. The predicted octanol–water partition coefficient (Wildman–Crippen LogP) is 4.07. The lowest BCUT2D eigenvalue weighted by Crippen LogP contribution is -2.10. The van der Waals surface area contributed by atoms with Gasteiger partial charge in [-0.25, -0.2) is 4.98 Å². The normalized spacial score (nSPS) is 11.5. The van der Waals surface area contributed by atoms with Crippen LogP contribution in [-0.4, -0.2) is 13.4 Å². The molecule has 0 spiro atoms. The van der Waals surface area contributed by atoms with Gasteiger partial charge in [-0.1, -0.05) is 39.7 Å². The first-order chi connectivity index (χ1) is 10.5. The Hall–Kier alpha value is -1.92. The van der Waals surface area contributed by atoms with Crippen LogP contribution in [0, 0.1) is 6.92 Å². The summed E-state index contributed by atoms with van der Waals surface area (Å²) in [4.78, 5) is 4.16. The van der Waals surface area contributed by atoms with Gasteiger partial charge in [-0.05, 0) is 42.6 Å². The van der Waals surface area contributed by atoms with Gasteiger partial charge in [-0.3, -0.25) is 0 Å². The van der Waals surface area contributed by atoms with E-state index in [0.29, 0.717) is 5.39 Å². The molecule has 0 aliphatic heterocycles. The number of hydrogen-bond acceptors (Lipinski definition) is 4. The molecule has 0 bridgehead atoms. The third kappa shape index (κ3) is 2.98. The van der Waals surface area contributed by atoms with Gasteiger partial charge in [0.25, 0.3) is 0 Å². The first kappa shape index (κ1) is 15.0. The number of halogens is 1. The van der Waals surface area contributed by atoms with Crippen LogP contribution in [0.1, 0.15) is 5.56 Å². The Kier molecular flexibility index (Phi) is 3.88. The summed E-state index contributed by atoms with van der Waals surface area (Å²) in [5, 5.41) is 1.49. The van der Waals surface area contributed by atoms with Crippen molar-refractivity contribution < 1.29 is 12.6 Å². The second kappa shape index (κ2) is 5.70. The summed E-state index contributed by atoms with van der Waals surface area (Å²) in [6.45, 7) is 1.89. The molecule has 0 atom stereocenters. The van der Waals surface area contributed by atoms with Gasteiger partial charge in [-0.2, -0.15) is 8.42 Å². The molecule has 2 aromatic carbocycles. The largest absolute Gasteiger partial charge is 0.357 e. The monoisotopic (exact) mass is 377 g/mol. The molecule has 0 unspecified atom stereocenters. The average Bonchev–Trinajstić information content (AvgIpc) is 2.48. The van der Waals surface area contributed by atoms with Gasteiger partial charge < -0.3 is 4.18 Å². The van der Waals surface area contributed by atoms with E-state index >= 15 is 0 Å². The quantitative estimate of drug-likeness (QED) is 0.645. The molecule has 1 heterocycles. The van der Waals surface area contributed by atoms with Crippen molar-refractivity contribution in [1.82, 2.24) is 4.98 Å². The Balaban J connectivity index is 2.06. The van der Waals surface area contributed by atoms with Crippen LogP contribution >= 0.6 is 15.9 Å². The lowest BCUT2D eigenvalue weighted by atomic mass is 10.2. The Morgan fingerprint density at radius 3 is 2.50 bits per heavy atom. The van der Waals surface area contributed by atoms with Gasteiger partial charge in [0.15, 0.2) is 0 Å². The van der Waals surface area contributed by atoms with Crippen LogP contribution < -0.4 is 4.18 Å². The van der Waals surface area contributed by atoms with Crippen LogP contribution in [0.4, 0.5) is 0 Å². The number of aryl methyl sites for hydroxylation is 1. The van der Waals surface area contributed by atoms with Gasteiger partial charge in [0, 0.05) is 16.1 Å². The maximum absolute atomic E-state index is 12.4. The summed E-state index contributed by atoms with van der Waals surface area (Å²) < 4.78 is 30.8. The zero-order chi connectivity index (χ0) is 15.7. The van der Waals surface area contributed by atoms with E-state index in [1.54, 1.807) is 24.3 Å². The Morgan fingerprint density at radius 1 is 1.05 bits per heavy atom. The maximum atomic E-state index is 12.4. The highest BCUT2D eigenvalue weighted by atomic mass is 79.9. The fraction of sp³-hybridized carbons (Fsp3) is 0.0625. The molecule has 0 fully saturated rings. The van der Waals surface area contributed by atoms with Crippen molar-refractivity contribution in [2.24, 2.45) is 0 Å². The lowest BCUT2D eigenvalue weighted by Gasteiger charge is -2.09. The van der Waals surface area contributed by atoms with E-state index in [1.807, 2.05) is 19.1 Å². The maximum Gasteiger partial charge on any atom is 0.340 e. The number of benzene rings is 2. The van der Waals surface area contributed by atoms with Crippen molar-refractivity contribution in [1.29, 1.82) is 0 Å². The summed E-state index contributed by atoms with van der Waals surface area (Å²) in [5.74, 6) is 0.0689. The highest BCUT2D eigenvalue weighted by Gasteiger charge is 2.18. The molecule has 0 radical (unpaired) electrons. The van der Waals surface area contributed by atoms with Crippen molar-refractivity contribution in [3.05, 3.63) is 64.8 Å². The first-order valence-corrected chi connectivity index (χ1v) is 8.71. The van der Waals surface area contributed by atoms with E-state index < -0.39 is 10.1 Å². The molecule has 0 aliphatic rings. The minimum atomic E-state index is -3.91. The third-order valence-corrected chi connectivity index (χ3v) is 4.91. The van der Waals surface area contributed by atoms with Crippen LogP contribution in [0.5, 0.6) is 5.88 Å². The van der Waals surface area contributed by atoms with Crippen molar-refractivity contribution in [3.63, 3.8) is 0 Å². The van der Waals surface area contributed by atoms with E-state index in [0.717, 1.165) is 15.4 Å². The molecule has 6 heteroatoms. The van der Waals surface area contributed by atoms with E-state index in [4.69, 9.17) is 4.18 Å². The molecule has 0 N–H and O–H groups in total. The second-order valence-electron chi connectivity index (χ2n) is 4.83. The average molecular weight is 378 g/mol. The van der Waals surface area contributed by atoms with Crippen LogP contribution in [0.25, 0.3) is 10.8 Å². The van der Waals surface area contributed by atoms with E-state index in [2.05, 4.69) is 20.9 Å². The van der Waals surface area contributed by atoms with Gasteiger partial charge in [-0.15, -0.1) is 0 Å². The fourth-order valence-corrected chi connectivity index (χ4v) is 3.30. The van der Waals surface area contributed by atoms with E-state index in [9.17, 15) is 8.42 Å². The number of aromatic nitrogens is 1. The Labute approximate surface area is 137 Å². The minimum absolute atomic E-state index is 0.0689. The highest BCUT2D eigenvalue weighted by Crippen LogP contribution is 2.28. The standard InChI is InChI=1S/C16H12BrNO3S/c1-11-2-6-14(7-3-11)22(19,20)21-16-15-10-13(17)5-4-12(15)8-9-18-16/h2-10H,1H3. The molecular weight excluding hydrogens is 366 g/mol. The van der Waals surface area contributed by atoms with Crippen molar-refractivity contribution in [3.8, 4) is 5.88 Å². The van der Waals surface area contributed by atoms with E-state index in [-0.39, 0.29) is 10.8 Å². The predicted molar refractivity (Wildman–Crippen MR) is 88.4 cm³/mol. The number of hydrogen-bond donors (Lipinski definition) is 0. The van der Waals surface area contributed by atoms with Crippen LogP contribution in [0.3, 0.4) is 0 Å². The summed E-state index contributed by atoms with van der Waals surface area (Å²) >= 11 is 3.37.